The fourth-order valence-electron chi connectivity index (χ4n) is 4.73. The summed E-state index contributed by atoms with van der Waals surface area (Å²) in [4.78, 5) is 13.4. The third-order valence-corrected chi connectivity index (χ3v) is 9.93. The summed E-state index contributed by atoms with van der Waals surface area (Å²) in [5, 5.41) is 10.6. The number of hydrogen-bond acceptors (Lipinski definition) is 5. The normalized spacial score (nSPS) is 15.2. The Labute approximate surface area is 219 Å². The number of para-hydroxylation sites is 2. The van der Waals surface area contributed by atoms with Crippen LogP contribution >= 0.6 is 7.36 Å². The van der Waals surface area contributed by atoms with Crippen LogP contribution in [0.25, 0.3) is 0 Å². The van der Waals surface area contributed by atoms with Crippen LogP contribution in [0.3, 0.4) is 0 Å². The van der Waals surface area contributed by atoms with Crippen LogP contribution in [0.5, 0.6) is 11.5 Å². The molecule has 1 N–H and O–H groups in total. The van der Waals surface area contributed by atoms with E-state index < -0.39 is 13.3 Å². The molecule has 1 saturated heterocycles. The lowest BCUT2D eigenvalue weighted by atomic mass is 9.98. The van der Waals surface area contributed by atoms with E-state index in [9.17, 15) is 9.96 Å². The molecular formula is C29H34N3O4P. The van der Waals surface area contributed by atoms with Gasteiger partial charge in [-0.1, -0.05) is 43.0 Å². The fraction of sp³-hybridized carbons (Fsp3) is 0.276. The standard InChI is InChI=1S/C29H34N3O4P/c1-5-36-29(33)28(20-23-18-26(34-3)21-27(19-23)35-4)22(2)37(30)31(24-12-8-6-9-13-24)16-17-32(37)25-14-10-7-11-15-25/h6-15,18-19,21,28,30H,2,5,16-17,20H2,1,3-4H3. The van der Waals surface area contributed by atoms with E-state index in [1.165, 1.54) is 0 Å². The monoisotopic (exact) mass is 519 g/mol. The molecule has 194 valence electrons. The Kier molecular flexibility index (Phi) is 8.24. The van der Waals surface area contributed by atoms with Gasteiger partial charge in [-0.15, -0.1) is 0 Å². The molecular weight excluding hydrogens is 485 g/mol. The second-order valence-corrected chi connectivity index (χ2v) is 11.5. The Morgan fingerprint density at radius 2 is 1.41 bits per heavy atom. The Morgan fingerprint density at radius 3 is 1.84 bits per heavy atom. The Balaban J connectivity index is 1.80. The largest absolute Gasteiger partial charge is 0.497 e. The number of carbonyl (C=O) groups excluding carboxylic acids is 1. The topological polar surface area (TPSA) is 75.1 Å². The van der Waals surface area contributed by atoms with Gasteiger partial charge in [-0.05, 0) is 55.3 Å². The van der Waals surface area contributed by atoms with Crippen molar-refractivity contribution in [1.29, 1.82) is 5.16 Å². The smallest absolute Gasteiger partial charge is 0.313 e. The van der Waals surface area contributed by atoms with E-state index in [0.29, 0.717) is 36.3 Å². The van der Waals surface area contributed by atoms with Gasteiger partial charge in [0.1, 0.15) is 11.5 Å². The first kappa shape index (κ1) is 26.4. The molecule has 1 fully saturated rings. The SMILES string of the molecule is C=C(C(Cc1cc(OC)cc(OC)c1)C(=O)OCC)P1(=N)N(c2ccccc2)CCN1c1ccccc1. The van der Waals surface area contributed by atoms with Crippen molar-refractivity contribution in [1.82, 2.24) is 0 Å². The van der Waals surface area contributed by atoms with Crippen LogP contribution in [-0.2, 0) is 16.0 Å². The highest BCUT2D eigenvalue weighted by atomic mass is 31.2. The first-order chi connectivity index (χ1) is 17.9. The minimum atomic E-state index is -3.02. The molecule has 4 rings (SSSR count). The van der Waals surface area contributed by atoms with Crippen molar-refractivity contribution < 1.29 is 19.0 Å². The average molecular weight is 520 g/mol. The highest BCUT2D eigenvalue weighted by molar-refractivity contribution is 7.72. The molecule has 0 radical (unpaired) electrons. The number of esters is 1. The van der Waals surface area contributed by atoms with Gasteiger partial charge in [0.05, 0.1) is 26.7 Å². The average Bonchev–Trinajstić information content (AvgIpc) is 3.30. The van der Waals surface area contributed by atoms with Gasteiger partial charge in [-0.2, -0.15) is 0 Å². The van der Waals surface area contributed by atoms with E-state index in [4.69, 9.17) is 14.2 Å². The Hall–Kier alpha value is -3.70. The maximum absolute atomic E-state index is 13.4. The molecule has 0 aliphatic carbocycles. The number of ether oxygens (including phenoxy) is 3. The van der Waals surface area contributed by atoms with Crippen LogP contribution in [0, 0.1) is 11.1 Å². The zero-order valence-corrected chi connectivity index (χ0v) is 22.5. The van der Waals surface area contributed by atoms with Crippen LogP contribution in [0.2, 0.25) is 0 Å². The number of carbonyl (C=O) groups is 1. The van der Waals surface area contributed by atoms with Gasteiger partial charge in [-0.25, -0.2) is 0 Å². The molecule has 1 unspecified atom stereocenters. The predicted octanol–water partition coefficient (Wildman–Crippen LogP) is 6.58. The summed E-state index contributed by atoms with van der Waals surface area (Å²) in [6.45, 7) is 7.80. The summed E-state index contributed by atoms with van der Waals surface area (Å²) in [5.74, 6) is 0.165. The number of nitrogens with one attached hydrogen (secondary N) is 1. The summed E-state index contributed by atoms with van der Waals surface area (Å²) in [6.07, 6.45) is 0.317. The maximum Gasteiger partial charge on any atom is 0.313 e. The lowest BCUT2D eigenvalue weighted by Gasteiger charge is -2.39. The zero-order chi connectivity index (χ0) is 26.4. The van der Waals surface area contributed by atoms with Crippen molar-refractivity contribution in [3.63, 3.8) is 0 Å². The molecule has 1 aliphatic heterocycles. The number of methoxy groups -OCH3 is 2. The molecule has 0 spiro atoms. The van der Waals surface area contributed by atoms with Crippen molar-refractivity contribution in [2.75, 3.05) is 43.3 Å². The number of nitrogens with zero attached hydrogens (tertiary/aromatic N) is 2. The van der Waals surface area contributed by atoms with E-state index >= 15 is 0 Å². The van der Waals surface area contributed by atoms with Gasteiger partial charge in [0, 0.05) is 35.8 Å². The van der Waals surface area contributed by atoms with Crippen LogP contribution in [0.4, 0.5) is 11.4 Å². The van der Waals surface area contributed by atoms with Gasteiger partial charge < -0.3 is 23.6 Å². The predicted molar refractivity (Wildman–Crippen MR) is 150 cm³/mol. The molecule has 8 heteroatoms. The summed E-state index contributed by atoms with van der Waals surface area (Å²) >= 11 is 0. The van der Waals surface area contributed by atoms with E-state index in [-0.39, 0.29) is 12.6 Å². The molecule has 3 aromatic rings. The van der Waals surface area contributed by atoms with Crippen molar-refractivity contribution in [2.45, 2.75) is 13.3 Å². The van der Waals surface area contributed by atoms with Gasteiger partial charge in [0.25, 0.3) is 0 Å². The fourth-order valence-corrected chi connectivity index (χ4v) is 7.93. The molecule has 0 saturated carbocycles. The summed E-state index contributed by atoms with van der Waals surface area (Å²) < 4.78 is 20.7. The van der Waals surface area contributed by atoms with Gasteiger partial charge in [0.15, 0.2) is 7.36 Å². The summed E-state index contributed by atoms with van der Waals surface area (Å²) in [5.41, 5.74) is 2.73. The third-order valence-electron chi connectivity index (χ3n) is 6.56. The van der Waals surface area contributed by atoms with Crippen molar-refractivity contribution in [3.8, 4) is 11.5 Å². The maximum atomic E-state index is 13.4. The molecule has 37 heavy (non-hydrogen) atoms. The Morgan fingerprint density at radius 1 is 0.919 bits per heavy atom. The van der Waals surface area contributed by atoms with Crippen LogP contribution in [0.1, 0.15) is 12.5 Å². The molecule has 3 aromatic carbocycles. The highest BCUT2D eigenvalue weighted by Gasteiger charge is 2.45. The molecule has 0 aromatic heterocycles. The number of benzene rings is 3. The third kappa shape index (κ3) is 5.37. The molecule has 7 nitrogen and oxygen atoms in total. The quantitative estimate of drug-likeness (QED) is 0.241. The van der Waals surface area contributed by atoms with E-state index in [1.54, 1.807) is 27.2 Å². The van der Waals surface area contributed by atoms with Gasteiger partial charge >= 0.3 is 5.97 Å². The number of hydrogen-bond donors (Lipinski definition) is 1. The lowest BCUT2D eigenvalue weighted by molar-refractivity contribution is -0.146. The van der Waals surface area contributed by atoms with Crippen molar-refractivity contribution in [2.24, 2.45) is 5.92 Å². The van der Waals surface area contributed by atoms with Crippen molar-refractivity contribution >= 4 is 24.7 Å². The molecule has 0 bridgehead atoms. The summed E-state index contributed by atoms with van der Waals surface area (Å²) in [7, 11) is 0.167. The van der Waals surface area contributed by atoms with Crippen molar-refractivity contribution in [3.05, 3.63) is 96.3 Å². The minimum absolute atomic E-state index is 0.248. The molecule has 1 aliphatic rings. The lowest BCUT2D eigenvalue weighted by Crippen LogP contribution is -2.28. The molecule has 0 amide bonds. The molecule has 1 atom stereocenters. The number of rotatable bonds is 10. The first-order valence-electron chi connectivity index (χ1n) is 12.3. The number of anilines is 2. The Bertz CT molecular complexity index is 1210. The van der Waals surface area contributed by atoms with Gasteiger partial charge in [0.2, 0.25) is 0 Å². The summed E-state index contributed by atoms with van der Waals surface area (Å²) in [6, 6.07) is 25.4. The zero-order valence-electron chi connectivity index (χ0n) is 21.6. The highest BCUT2D eigenvalue weighted by Crippen LogP contribution is 2.67. The van der Waals surface area contributed by atoms with Crippen LogP contribution in [0.15, 0.2) is 90.8 Å². The van der Waals surface area contributed by atoms with E-state index in [2.05, 4.69) is 15.9 Å². The first-order valence-corrected chi connectivity index (χ1v) is 14.0. The van der Waals surface area contributed by atoms with E-state index in [0.717, 1.165) is 16.9 Å². The van der Waals surface area contributed by atoms with Crippen LogP contribution in [-0.4, -0.2) is 39.9 Å². The van der Waals surface area contributed by atoms with E-state index in [1.807, 2.05) is 72.8 Å². The molecule has 1 heterocycles. The van der Waals surface area contributed by atoms with Crippen LogP contribution < -0.4 is 18.8 Å². The van der Waals surface area contributed by atoms with Gasteiger partial charge in [-0.3, -0.25) is 9.96 Å². The second-order valence-electron chi connectivity index (χ2n) is 8.74. The second kappa shape index (κ2) is 11.6. The minimum Gasteiger partial charge on any atom is -0.497 e.